The third-order valence-electron chi connectivity index (χ3n) is 2.47. The molecule has 0 aromatic carbocycles. The maximum atomic E-state index is 10.6. The second-order valence-electron chi connectivity index (χ2n) is 3.77. The second kappa shape index (κ2) is 5.14. The van der Waals surface area contributed by atoms with Crippen LogP contribution < -0.4 is 0 Å². The molecule has 1 saturated heterocycles. The first-order valence-electron chi connectivity index (χ1n) is 4.75. The minimum Gasteiger partial charge on any atom is -0.306 e. The fourth-order valence-electron chi connectivity index (χ4n) is 1.58. The molecule has 0 spiro atoms. The average Bonchev–Trinajstić information content (AvgIpc) is 2.06. The van der Waals surface area contributed by atoms with Crippen molar-refractivity contribution in [1.29, 1.82) is 0 Å². The Morgan fingerprint density at radius 3 is 2.50 bits per heavy atom. The highest BCUT2D eigenvalue weighted by molar-refractivity contribution is 8.13. The molecule has 0 N–H and O–H groups in total. The van der Waals surface area contributed by atoms with Crippen LogP contribution in [0, 0.1) is 5.92 Å². The molecule has 82 valence electrons. The van der Waals surface area contributed by atoms with Gasteiger partial charge in [0.15, 0.2) is 0 Å². The quantitative estimate of drug-likeness (QED) is 0.551. The number of rotatable bonds is 3. The molecular formula is C9H16ClNO2S. The molecule has 0 atom stereocenters. The Labute approximate surface area is 90.2 Å². The Balaban J connectivity index is 2.31. The van der Waals surface area contributed by atoms with Gasteiger partial charge < -0.3 is 4.90 Å². The van der Waals surface area contributed by atoms with Crippen LogP contribution in [0.4, 0.5) is 0 Å². The number of likely N-dealkylation sites (tertiary alicyclic amines) is 1. The topological polar surface area (TPSA) is 37.4 Å². The standard InChI is InChI=1S/C9H16ClNO2S/c1-11-6-4-9(5-7-11)3-2-8-14(10,12)13/h2-3,9H,4-8H2,1H3/b3-2+. The Morgan fingerprint density at radius 1 is 1.43 bits per heavy atom. The van der Waals surface area contributed by atoms with E-state index in [4.69, 9.17) is 10.7 Å². The first-order chi connectivity index (χ1) is 6.47. The summed E-state index contributed by atoms with van der Waals surface area (Å²) in [6.45, 7) is 2.17. The van der Waals surface area contributed by atoms with Crippen LogP contribution in [0.15, 0.2) is 12.2 Å². The van der Waals surface area contributed by atoms with E-state index in [1.165, 1.54) is 0 Å². The number of halogens is 1. The first-order valence-corrected chi connectivity index (χ1v) is 7.23. The lowest BCUT2D eigenvalue weighted by atomic mass is 9.97. The van der Waals surface area contributed by atoms with Crippen LogP contribution in [0.3, 0.4) is 0 Å². The number of hydrogen-bond acceptors (Lipinski definition) is 3. The van der Waals surface area contributed by atoms with Gasteiger partial charge in [0.1, 0.15) is 0 Å². The van der Waals surface area contributed by atoms with Crippen LogP contribution in [0.25, 0.3) is 0 Å². The largest absolute Gasteiger partial charge is 0.306 e. The van der Waals surface area contributed by atoms with Crippen molar-refractivity contribution in [2.24, 2.45) is 5.92 Å². The maximum absolute atomic E-state index is 10.6. The fourth-order valence-corrected chi connectivity index (χ4v) is 2.14. The summed E-state index contributed by atoms with van der Waals surface area (Å²) >= 11 is 0. The van der Waals surface area contributed by atoms with Crippen molar-refractivity contribution < 1.29 is 8.42 Å². The molecule has 1 aliphatic rings. The van der Waals surface area contributed by atoms with Crippen molar-refractivity contribution in [2.45, 2.75) is 12.8 Å². The van der Waals surface area contributed by atoms with Gasteiger partial charge in [0, 0.05) is 10.7 Å². The predicted molar refractivity (Wildman–Crippen MR) is 59.0 cm³/mol. The number of allylic oxidation sites excluding steroid dienone is 1. The highest BCUT2D eigenvalue weighted by Gasteiger charge is 2.13. The first kappa shape index (κ1) is 12.0. The van der Waals surface area contributed by atoms with Crippen molar-refractivity contribution in [3.8, 4) is 0 Å². The summed E-state index contributed by atoms with van der Waals surface area (Å²) in [5.41, 5.74) is 0. The molecule has 0 aromatic rings. The van der Waals surface area contributed by atoms with Crippen LogP contribution >= 0.6 is 10.7 Å². The van der Waals surface area contributed by atoms with Crippen LogP contribution in [-0.2, 0) is 9.05 Å². The van der Waals surface area contributed by atoms with Gasteiger partial charge in [-0.3, -0.25) is 0 Å². The summed E-state index contributed by atoms with van der Waals surface area (Å²) < 4.78 is 21.3. The van der Waals surface area contributed by atoms with E-state index in [-0.39, 0.29) is 5.75 Å². The van der Waals surface area contributed by atoms with Gasteiger partial charge in [-0.25, -0.2) is 8.42 Å². The van der Waals surface area contributed by atoms with Crippen molar-refractivity contribution in [2.75, 3.05) is 25.9 Å². The van der Waals surface area contributed by atoms with Gasteiger partial charge in [-0.05, 0) is 38.9 Å². The molecule has 14 heavy (non-hydrogen) atoms. The van der Waals surface area contributed by atoms with Gasteiger partial charge >= 0.3 is 0 Å². The van der Waals surface area contributed by atoms with E-state index < -0.39 is 9.05 Å². The zero-order chi connectivity index (χ0) is 10.6. The van der Waals surface area contributed by atoms with E-state index in [2.05, 4.69) is 11.9 Å². The van der Waals surface area contributed by atoms with E-state index in [1.54, 1.807) is 6.08 Å². The molecule has 0 saturated carbocycles. The lowest BCUT2D eigenvalue weighted by molar-refractivity contribution is 0.244. The second-order valence-corrected chi connectivity index (χ2v) is 6.60. The summed E-state index contributed by atoms with van der Waals surface area (Å²) in [5.74, 6) is 0.463. The van der Waals surface area contributed by atoms with Gasteiger partial charge in [-0.2, -0.15) is 0 Å². The molecule has 1 rings (SSSR count). The lowest BCUT2D eigenvalue weighted by Gasteiger charge is -2.26. The van der Waals surface area contributed by atoms with Gasteiger partial charge in [-0.15, -0.1) is 0 Å². The third kappa shape index (κ3) is 4.98. The molecule has 1 heterocycles. The van der Waals surface area contributed by atoms with Crippen molar-refractivity contribution in [3.05, 3.63) is 12.2 Å². The Morgan fingerprint density at radius 2 is 2.00 bits per heavy atom. The lowest BCUT2D eigenvalue weighted by Crippen LogP contribution is -2.29. The summed E-state index contributed by atoms with van der Waals surface area (Å²) in [6, 6.07) is 0. The predicted octanol–water partition coefficient (Wildman–Crippen LogP) is 1.45. The summed E-state index contributed by atoms with van der Waals surface area (Å²) in [5, 5.41) is 0. The van der Waals surface area contributed by atoms with Gasteiger partial charge in [-0.1, -0.05) is 12.2 Å². The molecule has 0 radical (unpaired) electrons. The van der Waals surface area contributed by atoms with Gasteiger partial charge in [0.25, 0.3) is 0 Å². The normalized spacial score (nSPS) is 21.9. The van der Waals surface area contributed by atoms with Crippen LogP contribution in [-0.4, -0.2) is 39.2 Å². The van der Waals surface area contributed by atoms with Crippen LogP contribution in [0.1, 0.15) is 12.8 Å². The molecule has 3 nitrogen and oxygen atoms in total. The average molecular weight is 238 g/mol. The van der Waals surface area contributed by atoms with E-state index >= 15 is 0 Å². The molecule has 0 aromatic heterocycles. The fraction of sp³-hybridized carbons (Fsp3) is 0.778. The minimum absolute atomic E-state index is 0.0547. The van der Waals surface area contributed by atoms with Crippen molar-refractivity contribution in [3.63, 3.8) is 0 Å². The molecule has 1 fully saturated rings. The number of piperidine rings is 1. The van der Waals surface area contributed by atoms with Crippen molar-refractivity contribution in [1.82, 2.24) is 4.90 Å². The zero-order valence-electron chi connectivity index (χ0n) is 8.32. The number of nitrogens with zero attached hydrogens (tertiary/aromatic N) is 1. The summed E-state index contributed by atoms with van der Waals surface area (Å²) in [7, 11) is 3.83. The Bertz CT molecular complexity index is 292. The molecule has 0 unspecified atom stereocenters. The van der Waals surface area contributed by atoms with Crippen molar-refractivity contribution >= 4 is 19.7 Å². The SMILES string of the molecule is CN1CCC(/C=C/CS(=O)(=O)Cl)CC1. The number of hydrogen-bond donors (Lipinski definition) is 0. The highest BCUT2D eigenvalue weighted by atomic mass is 35.7. The molecular weight excluding hydrogens is 222 g/mol. The van der Waals surface area contributed by atoms with E-state index in [0.29, 0.717) is 5.92 Å². The van der Waals surface area contributed by atoms with Gasteiger partial charge in [0.2, 0.25) is 9.05 Å². The molecule has 1 aliphatic heterocycles. The van der Waals surface area contributed by atoms with E-state index in [9.17, 15) is 8.42 Å². The monoisotopic (exact) mass is 237 g/mol. The highest BCUT2D eigenvalue weighted by Crippen LogP contribution is 2.17. The van der Waals surface area contributed by atoms with E-state index in [0.717, 1.165) is 25.9 Å². The van der Waals surface area contributed by atoms with Crippen LogP contribution in [0.2, 0.25) is 0 Å². The van der Waals surface area contributed by atoms with E-state index in [1.807, 2.05) is 6.08 Å². The molecule has 5 heteroatoms. The minimum atomic E-state index is -3.36. The molecule has 0 bridgehead atoms. The zero-order valence-corrected chi connectivity index (χ0v) is 9.89. The summed E-state index contributed by atoms with van der Waals surface area (Å²) in [6.07, 6.45) is 5.86. The Kier molecular flexibility index (Phi) is 4.41. The maximum Gasteiger partial charge on any atom is 0.236 e. The Hall–Kier alpha value is -0.0600. The molecule has 0 amide bonds. The smallest absolute Gasteiger partial charge is 0.236 e. The summed E-state index contributed by atoms with van der Waals surface area (Å²) in [4.78, 5) is 2.28. The third-order valence-corrected chi connectivity index (χ3v) is 3.44. The molecule has 0 aliphatic carbocycles. The van der Waals surface area contributed by atoms with Gasteiger partial charge in [0.05, 0.1) is 5.75 Å². The van der Waals surface area contributed by atoms with Crippen LogP contribution in [0.5, 0.6) is 0 Å².